The lowest BCUT2D eigenvalue weighted by atomic mass is 9.82. The third-order valence-corrected chi connectivity index (χ3v) is 4.78. The van der Waals surface area contributed by atoms with Crippen LogP contribution in [0.25, 0.3) is 0 Å². The third kappa shape index (κ3) is 4.30. The molecule has 2 saturated carbocycles. The van der Waals surface area contributed by atoms with Crippen LogP contribution in [-0.2, 0) is 19.1 Å². The molecule has 0 saturated heterocycles. The summed E-state index contributed by atoms with van der Waals surface area (Å²) in [5.41, 5.74) is -1.90. The van der Waals surface area contributed by atoms with Gasteiger partial charge in [-0.2, -0.15) is 0 Å². The van der Waals surface area contributed by atoms with Crippen LogP contribution in [0.3, 0.4) is 0 Å². The van der Waals surface area contributed by atoms with E-state index in [0.29, 0.717) is 19.3 Å². The van der Waals surface area contributed by atoms with E-state index < -0.39 is 17.0 Å². The molecule has 2 aliphatic carbocycles. The zero-order chi connectivity index (χ0) is 17.1. The fraction of sp³-hybridized carbons (Fsp3) is 0.737. The van der Waals surface area contributed by atoms with Gasteiger partial charge in [0.05, 0.1) is 0 Å². The van der Waals surface area contributed by atoms with Crippen LogP contribution in [0.2, 0.25) is 0 Å². The zero-order valence-corrected chi connectivity index (χ0v) is 14.5. The molecule has 0 N–H and O–H groups in total. The Labute approximate surface area is 138 Å². The van der Waals surface area contributed by atoms with E-state index in [4.69, 9.17) is 4.74 Å². The van der Waals surface area contributed by atoms with Crippen LogP contribution < -0.4 is 0 Å². The summed E-state index contributed by atoms with van der Waals surface area (Å²) >= 11 is 0. The maximum absolute atomic E-state index is 12.6. The molecule has 4 heteroatoms. The molecule has 0 bridgehead atoms. The topological polar surface area (TPSA) is 60.4 Å². The monoisotopic (exact) mass is 320 g/mol. The quantitative estimate of drug-likeness (QED) is 0.449. The van der Waals surface area contributed by atoms with E-state index in [1.165, 1.54) is 18.6 Å². The molecule has 0 aromatic carbocycles. The lowest BCUT2D eigenvalue weighted by molar-refractivity contribution is -0.166. The number of ether oxygens (including phenoxy) is 1. The molecule has 0 aromatic heterocycles. The van der Waals surface area contributed by atoms with Gasteiger partial charge in [0.1, 0.15) is 11.0 Å². The first-order valence-electron chi connectivity index (χ1n) is 8.74. The van der Waals surface area contributed by atoms with Crippen molar-refractivity contribution in [3.63, 3.8) is 0 Å². The average molecular weight is 320 g/mol. The highest BCUT2D eigenvalue weighted by molar-refractivity contribution is 6.08. The number of hydrogen-bond donors (Lipinski definition) is 0. The Hall–Kier alpha value is -1.45. The lowest BCUT2D eigenvalue weighted by Gasteiger charge is -2.28. The van der Waals surface area contributed by atoms with Crippen LogP contribution in [0.5, 0.6) is 0 Å². The Morgan fingerprint density at radius 1 is 1.13 bits per heavy atom. The molecule has 23 heavy (non-hydrogen) atoms. The van der Waals surface area contributed by atoms with Gasteiger partial charge in [-0.1, -0.05) is 25.3 Å². The highest BCUT2D eigenvalue weighted by atomic mass is 16.6. The van der Waals surface area contributed by atoms with Crippen LogP contribution in [0, 0.1) is 11.3 Å². The third-order valence-electron chi connectivity index (χ3n) is 4.78. The van der Waals surface area contributed by atoms with Crippen LogP contribution in [0.15, 0.2) is 12.2 Å². The summed E-state index contributed by atoms with van der Waals surface area (Å²) in [5.74, 6) is -0.542. The van der Waals surface area contributed by atoms with Crippen molar-refractivity contribution in [2.24, 2.45) is 11.3 Å². The van der Waals surface area contributed by atoms with Crippen LogP contribution >= 0.6 is 0 Å². The summed E-state index contributed by atoms with van der Waals surface area (Å²) in [6.45, 7) is 5.36. The second kappa shape index (κ2) is 6.98. The van der Waals surface area contributed by atoms with Crippen molar-refractivity contribution in [3.8, 4) is 0 Å². The lowest BCUT2D eigenvalue weighted by Crippen LogP contribution is -2.39. The first-order valence-corrected chi connectivity index (χ1v) is 8.74. The summed E-state index contributed by atoms with van der Waals surface area (Å²) in [4.78, 5) is 37.3. The maximum Gasteiger partial charge on any atom is 0.324 e. The van der Waals surface area contributed by atoms with Crippen molar-refractivity contribution >= 4 is 17.5 Å². The predicted molar refractivity (Wildman–Crippen MR) is 87.9 cm³/mol. The van der Waals surface area contributed by atoms with E-state index in [0.717, 1.165) is 25.7 Å². The van der Waals surface area contributed by atoms with E-state index in [1.54, 1.807) is 20.8 Å². The molecule has 0 radical (unpaired) electrons. The molecular weight excluding hydrogens is 292 g/mol. The van der Waals surface area contributed by atoms with E-state index in [2.05, 4.69) is 0 Å². The van der Waals surface area contributed by atoms with Gasteiger partial charge in [-0.3, -0.25) is 14.4 Å². The predicted octanol–water partition coefficient (Wildman–Crippen LogP) is 3.77. The van der Waals surface area contributed by atoms with Gasteiger partial charge >= 0.3 is 5.97 Å². The Bertz CT molecular complexity index is 506. The smallest absolute Gasteiger partial charge is 0.324 e. The summed E-state index contributed by atoms with van der Waals surface area (Å²) in [6, 6.07) is 0. The molecule has 0 heterocycles. The van der Waals surface area contributed by atoms with Crippen LogP contribution in [-0.4, -0.2) is 23.1 Å². The summed E-state index contributed by atoms with van der Waals surface area (Å²) in [6.07, 6.45) is 9.68. The Morgan fingerprint density at radius 2 is 1.78 bits per heavy atom. The fourth-order valence-corrected chi connectivity index (χ4v) is 3.47. The van der Waals surface area contributed by atoms with Gasteiger partial charge in [0.25, 0.3) is 0 Å². The molecule has 2 aliphatic rings. The Morgan fingerprint density at radius 3 is 2.30 bits per heavy atom. The number of esters is 1. The van der Waals surface area contributed by atoms with E-state index >= 15 is 0 Å². The molecule has 128 valence electrons. The number of carbonyl (C=O) groups is 3. The number of rotatable bonds is 4. The van der Waals surface area contributed by atoms with E-state index in [1.807, 2.05) is 0 Å². The Balaban J connectivity index is 2.15. The zero-order valence-electron chi connectivity index (χ0n) is 14.5. The fourth-order valence-electron chi connectivity index (χ4n) is 3.47. The number of Topliss-reactive ketones (excluding diaryl/α,β-unsaturated/α-hetero) is 1. The molecule has 0 spiro atoms. The van der Waals surface area contributed by atoms with E-state index in [9.17, 15) is 14.4 Å². The molecule has 0 amide bonds. The second-order valence-corrected chi connectivity index (χ2v) is 7.82. The highest BCUT2D eigenvalue weighted by Gasteiger charge is 2.49. The molecular formula is C19H28O4. The first kappa shape index (κ1) is 17.9. The van der Waals surface area contributed by atoms with Gasteiger partial charge in [0, 0.05) is 12.3 Å². The molecule has 2 rings (SSSR count). The van der Waals surface area contributed by atoms with Gasteiger partial charge in [0.2, 0.25) is 0 Å². The first-order chi connectivity index (χ1) is 10.7. The van der Waals surface area contributed by atoms with Crippen molar-refractivity contribution < 1.29 is 19.1 Å². The summed E-state index contributed by atoms with van der Waals surface area (Å²) in [7, 11) is 0. The minimum atomic E-state index is -1.25. The van der Waals surface area contributed by atoms with Crippen molar-refractivity contribution in [2.45, 2.75) is 77.7 Å². The Kier molecular flexibility index (Phi) is 5.43. The minimum absolute atomic E-state index is 0.0483. The van der Waals surface area contributed by atoms with Gasteiger partial charge in [-0.25, -0.2) is 0 Å². The van der Waals surface area contributed by atoms with Crippen molar-refractivity contribution in [3.05, 3.63) is 12.2 Å². The van der Waals surface area contributed by atoms with Gasteiger partial charge < -0.3 is 4.74 Å². The van der Waals surface area contributed by atoms with Crippen molar-refractivity contribution in [2.75, 3.05) is 0 Å². The average Bonchev–Trinajstić information content (AvgIpc) is 2.86. The van der Waals surface area contributed by atoms with Gasteiger partial charge in [-0.05, 0) is 52.5 Å². The standard InChI is InChI=1S/C19H28O4/c1-18(2,3)23-17(22)19(12-7-10-16(19)21)13-11-15(20)14-8-5-4-6-9-14/h11,13-14H,4-10,12H2,1-3H3/b13-11+/t19-/m0/s1. The van der Waals surface area contributed by atoms with Crippen LogP contribution in [0.4, 0.5) is 0 Å². The van der Waals surface area contributed by atoms with Crippen molar-refractivity contribution in [1.29, 1.82) is 0 Å². The summed E-state index contributed by atoms with van der Waals surface area (Å²) in [5, 5.41) is 0. The van der Waals surface area contributed by atoms with Crippen LogP contribution in [0.1, 0.15) is 72.1 Å². The molecule has 4 nitrogen and oxygen atoms in total. The number of ketones is 2. The SMILES string of the molecule is CC(C)(C)OC(=O)[C@]1(/C=C/C(=O)C2CCCCC2)CCCC1=O. The second-order valence-electron chi connectivity index (χ2n) is 7.82. The molecule has 2 fully saturated rings. The molecule has 1 atom stereocenters. The minimum Gasteiger partial charge on any atom is -0.459 e. The molecule has 0 aliphatic heterocycles. The molecule has 0 aromatic rings. The van der Waals surface area contributed by atoms with Gasteiger partial charge in [0.15, 0.2) is 11.6 Å². The maximum atomic E-state index is 12.6. The number of hydrogen-bond acceptors (Lipinski definition) is 4. The largest absolute Gasteiger partial charge is 0.459 e. The molecule has 0 unspecified atom stereocenters. The van der Waals surface area contributed by atoms with Gasteiger partial charge in [-0.15, -0.1) is 0 Å². The number of allylic oxidation sites excluding steroid dienone is 1. The normalized spacial score (nSPS) is 26.7. The number of carbonyl (C=O) groups excluding carboxylic acids is 3. The summed E-state index contributed by atoms with van der Waals surface area (Å²) < 4.78 is 5.45. The van der Waals surface area contributed by atoms with Crippen molar-refractivity contribution in [1.82, 2.24) is 0 Å². The van der Waals surface area contributed by atoms with E-state index in [-0.39, 0.29) is 17.5 Å². The highest BCUT2D eigenvalue weighted by Crippen LogP contribution is 2.39.